The number of aryl methyl sites for hydroxylation is 1. The highest BCUT2D eigenvalue weighted by atomic mass is 35.5. The molecule has 8 nitrogen and oxygen atoms in total. The molecule has 36 heavy (non-hydrogen) atoms. The number of hydrogen-bond donors (Lipinski definition) is 0. The van der Waals surface area contributed by atoms with Gasteiger partial charge in [-0.2, -0.15) is 18.3 Å². The zero-order chi connectivity index (χ0) is 26.0. The Morgan fingerprint density at radius 3 is 2.56 bits per heavy atom. The van der Waals surface area contributed by atoms with Crippen molar-refractivity contribution in [1.82, 2.24) is 19.6 Å². The van der Waals surface area contributed by atoms with Crippen molar-refractivity contribution in [2.24, 2.45) is 0 Å². The van der Waals surface area contributed by atoms with Crippen molar-refractivity contribution in [3.05, 3.63) is 51.8 Å². The van der Waals surface area contributed by atoms with Gasteiger partial charge in [-0.05, 0) is 50.1 Å². The SMILES string of the molecule is CC1COCC(C)N1CC(=O)c1cc2n(n1)CCCN(C(=O)OCc1cc(Cl)cc(C(F)(F)F)c1)C2. The summed E-state index contributed by atoms with van der Waals surface area (Å²) in [7, 11) is 0. The molecular formula is C24H28ClF3N4O4. The Morgan fingerprint density at radius 1 is 1.14 bits per heavy atom. The molecule has 0 aliphatic carbocycles. The van der Waals surface area contributed by atoms with Crippen molar-refractivity contribution in [3.8, 4) is 0 Å². The summed E-state index contributed by atoms with van der Waals surface area (Å²) in [6, 6.07) is 4.99. The molecule has 1 aromatic heterocycles. The smallest absolute Gasteiger partial charge is 0.416 e. The second-order valence-corrected chi connectivity index (χ2v) is 9.69. The van der Waals surface area contributed by atoms with Crippen molar-refractivity contribution < 1.29 is 32.2 Å². The standard InChI is InChI=1S/C24H28ClF3N4O4/c1-15-12-35-13-16(2)31(15)11-22(33)21-9-20-10-30(4-3-5-32(20)29-21)23(34)36-14-17-6-18(24(26,27)28)8-19(25)7-17/h6-9,15-16H,3-5,10-14H2,1-2H3. The van der Waals surface area contributed by atoms with Crippen molar-refractivity contribution in [1.29, 1.82) is 0 Å². The summed E-state index contributed by atoms with van der Waals surface area (Å²) in [6.45, 7) is 6.14. The number of halogens is 4. The Balaban J connectivity index is 1.39. The molecular weight excluding hydrogens is 501 g/mol. The minimum atomic E-state index is -4.56. The molecule has 2 aliphatic rings. The first kappa shape index (κ1) is 26.4. The lowest BCUT2D eigenvalue weighted by Crippen LogP contribution is -2.51. The van der Waals surface area contributed by atoms with E-state index in [1.807, 2.05) is 13.8 Å². The van der Waals surface area contributed by atoms with E-state index in [4.69, 9.17) is 21.1 Å². The van der Waals surface area contributed by atoms with Gasteiger partial charge in [0.1, 0.15) is 12.3 Å². The summed E-state index contributed by atoms with van der Waals surface area (Å²) in [5, 5.41) is 4.38. The highest BCUT2D eigenvalue weighted by Gasteiger charge is 2.32. The minimum Gasteiger partial charge on any atom is -0.445 e. The molecule has 1 amide bonds. The fourth-order valence-electron chi connectivity index (χ4n) is 4.48. The van der Waals surface area contributed by atoms with E-state index < -0.39 is 17.8 Å². The van der Waals surface area contributed by atoms with Gasteiger partial charge in [0.05, 0.1) is 37.6 Å². The Kier molecular flexibility index (Phi) is 7.91. The number of amides is 1. The van der Waals surface area contributed by atoms with Gasteiger partial charge in [0.25, 0.3) is 0 Å². The number of ketones is 1. The lowest BCUT2D eigenvalue weighted by atomic mass is 10.1. The number of hydrogen-bond acceptors (Lipinski definition) is 6. The molecule has 12 heteroatoms. The molecule has 3 heterocycles. The molecule has 0 bridgehead atoms. The van der Waals surface area contributed by atoms with Gasteiger partial charge in [-0.15, -0.1) is 0 Å². The lowest BCUT2D eigenvalue weighted by Gasteiger charge is -2.38. The quantitative estimate of drug-likeness (QED) is 0.536. The Hall–Kier alpha value is -2.63. The number of fused-ring (bicyclic) bond motifs is 1. The van der Waals surface area contributed by atoms with Crippen molar-refractivity contribution in [2.75, 3.05) is 26.3 Å². The molecule has 0 radical (unpaired) electrons. The van der Waals surface area contributed by atoms with Gasteiger partial charge in [0, 0.05) is 30.2 Å². The van der Waals surface area contributed by atoms with Crippen LogP contribution in [0.1, 0.15) is 47.6 Å². The third-order valence-corrected chi connectivity index (χ3v) is 6.60. The van der Waals surface area contributed by atoms with E-state index in [1.165, 1.54) is 11.0 Å². The van der Waals surface area contributed by atoms with Crippen LogP contribution in [0.3, 0.4) is 0 Å². The number of carbonyl (C=O) groups is 2. The zero-order valence-electron chi connectivity index (χ0n) is 20.1. The molecule has 1 fully saturated rings. The summed E-state index contributed by atoms with van der Waals surface area (Å²) < 4.78 is 51.6. The lowest BCUT2D eigenvalue weighted by molar-refractivity contribution is -0.137. The van der Waals surface area contributed by atoms with Gasteiger partial charge in [-0.1, -0.05) is 11.6 Å². The van der Waals surface area contributed by atoms with Crippen LogP contribution in [0.15, 0.2) is 24.3 Å². The van der Waals surface area contributed by atoms with E-state index >= 15 is 0 Å². The van der Waals surface area contributed by atoms with E-state index in [0.29, 0.717) is 44.1 Å². The molecule has 0 N–H and O–H groups in total. The monoisotopic (exact) mass is 528 g/mol. The first-order valence-electron chi connectivity index (χ1n) is 11.7. The van der Waals surface area contributed by atoms with Crippen molar-refractivity contribution in [3.63, 3.8) is 0 Å². The van der Waals surface area contributed by atoms with E-state index in [1.54, 1.807) is 10.7 Å². The Labute approximate surface area is 211 Å². The van der Waals surface area contributed by atoms with Gasteiger partial charge in [-0.3, -0.25) is 14.4 Å². The maximum Gasteiger partial charge on any atom is 0.416 e. The maximum atomic E-state index is 13.0. The van der Waals surface area contributed by atoms with Crippen LogP contribution in [0.2, 0.25) is 5.02 Å². The topological polar surface area (TPSA) is 76.9 Å². The van der Waals surface area contributed by atoms with Crippen LogP contribution in [-0.2, 0) is 35.3 Å². The predicted octanol–water partition coefficient (Wildman–Crippen LogP) is 4.39. The van der Waals surface area contributed by atoms with Crippen molar-refractivity contribution >= 4 is 23.5 Å². The molecule has 0 saturated carbocycles. The second kappa shape index (κ2) is 10.8. The van der Waals surface area contributed by atoms with Crippen molar-refractivity contribution in [2.45, 2.75) is 58.2 Å². The van der Waals surface area contributed by atoms with Gasteiger partial charge in [0.2, 0.25) is 0 Å². The van der Waals surface area contributed by atoms with Gasteiger partial charge >= 0.3 is 12.3 Å². The maximum absolute atomic E-state index is 13.0. The molecule has 2 atom stereocenters. The summed E-state index contributed by atoms with van der Waals surface area (Å²) in [5.74, 6) is -0.105. The Morgan fingerprint density at radius 2 is 1.86 bits per heavy atom. The zero-order valence-corrected chi connectivity index (χ0v) is 20.8. The predicted molar refractivity (Wildman–Crippen MR) is 125 cm³/mol. The average Bonchev–Trinajstić information content (AvgIpc) is 3.10. The van der Waals surface area contributed by atoms with Crippen LogP contribution in [0.5, 0.6) is 0 Å². The third-order valence-electron chi connectivity index (χ3n) is 6.38. The number of benzene rings is 1. The molecule has 0 spiro atoms. The molecule has 2 aromatic rings. The minimum absolute atomic E-state index is 0.0902. The van der Waals surface area contributed by atoms with E-state index in [-0.39, 0.29) is 48.1 Å². The molecule has 2 unspecified atom stereocenters. The largest absolute Gasteiger partial charge is 0.445 e. The van der Waals surface area contributed by atoms with Crippen LogP contribution < -0.4 is 0 Å². The third kappa shape index (κ3) is 6.19. The number of aromatic nitrogens is 2. The number of rotatable bonds is 5. The number of Topliss-reactive ketones (excluding diaryl/α,β-unsaturated/α-hetero) is 1. The molecule has 2 aliphatic heterocycles. The fourth-order valence-corrected chi connectivity index (χ4v) is 4.74. The normalized spacial score (nSPS) is 21.1. The number of morpholine rings is 1. The number of ether oxygens (including phenoxy) is 2. The van der Waals surface area contributed by atoms with Crippen LogP contribution in [0.4, 0.5) is 18.0 Å². The molecule has 1 saturated heterocycles. The van der Waals surface area contributed by atoms with Crippen LogP contribution in [-0.4, -0.2) is 69.8 Å². The number of nitrogens with zero attached hydrogens (tertiary/aromatic N) is 4. The van der Waals surface area contributed by atoms with Crippen LogP contribution in [0, 0.1) is 0 Å². The Bertz CT molecular complexity index is 1110. The number of carbonyl (C=O) groups excluding carboxylic acids is 2. The first-order valence-corrected chi connectivity index (χ1v) is 12.1. The highest BCUT2D eigenvalue weighted by Crippen LogP contribution is 2.32. The summed E-state index contributed by atoms with van der Waals surface area (Å²) in [5.41, 5.74) is 0.267. The number of alkyl halides is 3. The first-order chi connectivity index (χ1) is 17.0. The summed E-state index contributed by atoms with van der Waals surface area (Å²) >= 11 is 5.81. The van der Waals surface area contributed by atoms with E-state index in [2.05, 4.69) is 10.00 Å². The summed E-state index contributed by atoms with van der Waals surface area (Å²) in [6.07, 6.45) is -4.63. The average molecular weight is 529 g/mol. The van der Waals surface area contributed by atoms with E-state index in [0.717, 1.165) is 12.1 Å². The van der Waals surface area contributed by atoms with Crippen LogP contribution >= 0.6 is 11.6 Å². The molecule has 4 rings (SSSR count). The van der Waals surface area contributed by atoms with Gasteiger partial charge in [-0.25, -0.2) is 4.79 Å². The highest BCUT2D eigenvalue weighted by molar-refractivity contribution is 6.30. The fraction of sp³-hybridized carbons (Fsp3) is 0.542. The summed E-state index contributed by atoms with van der Waals surface area (Å²) in [4.78, 5) is 29.2. The van der Waals surface area contributed by atoms with E-state index in [9.17, 15) is 22.8 Å². The second-order valence-electron chi connectivity index (χ2n) is 9.25. The van der Waals surface area contributed by atoms with Crippen LogP contribution in [0.25, 0.3) is 0 Å². The molecule has 1 aromatic carbocycles. The van der Waals surface area contributed by atoms with Gasteiger partial charge < -0.3 is 14.4 Å². The van der Waals surface area contributed by atoms with Gasteiger partial charge in [0.15, 0.2) is 5.78 Å². The molecule has 196 valence electrons.